The topological polar surface area (TPSA) is 125 Å². The van der Waals surface area contributed by atoms with Gasteiger partial charge in [0, 0.05) is 31.0 Å². The van der Waals surface area contributed by atoms with Crippen LogP contribution in [-0.2, 0) is 24.7 Å². The standard InChI is InChI=1S/C25H26N4O5S2/c1-35(31,32)23-8-5-9-24(18-23)36(33,34)29-16-14-19(15-17-29)25(30)26-20-10-12-22(13-11-20)28-27-21-6-3-2-4-7-21/h2-13,18-19H,14-17H2,1H3,(H,26,30). The van der Waals surface area contributed by atoms with Gasteiger partial charge >= 0.3 is 0 Å². The number of azo groups is 1. The van der Waals surface area contributed by atoms with Crippen molar-refractivity contribution in [1.29, 1.82) is 0 Å². The number of amides is 1. The summed E-state index contributed by atoms with van der Waals surface area (Å²) in [5, 5.41) is 11.2. The Morgan fingerprint density at radius 1 is 0.806 bits per heavy atom. The van der Waals surface area contributed by atoms with E-state index in [0.29, 0.717) is 24.2 Å². The highest BCUT2D eigenvalue weighted by atomic mass is 32.2. The minimum Gasteiger partial charge on any atom is -0.326 e. The number of carbonyl (C=O) groups is 1. The van der Waals surface area contributed by atoms with Crippen LogP contribution in [-0.4, -0.2) is 46.4 Å². The largest absolute Gasteiger partial charge is 0.326 e. The number of benzene rings is 3. The van der Waals surface area contributed by atoms with Crippen LogP contribution in [0.1, 0.15) is 12.8 Å². The molecule has 11 heteroatoms. The lowest BCUT2D eigenvalue weighted by molar-refractivity contribution is -0.120. The zero-order valence-corrected chi connectivity index (χ0v) is 21.2. The number of piperidine rings is 1. The summed E-state index contributed by atoms with van der Waals surface area (Å²) in [5.74, 6) is -0.513. The van der Waals surface area contributed by atoms with Gasteiger partial charge < -0.3 is 5.32 Å². The highest BCUT2D eigenvalue weighted by Gasteiger charge is 2.32. The minimum absolute atomic E-state index is 0.0506. The molecule has 1 heterocycles. The molecule has 3 aromatic carbocycles. The van der Waals surface area contributed by atoms with Crippen LogP contribution in [0.3, 0.4) is 0 Å². The molecule has 9 nitrogen and oxygen atoms in total. The molecule has 0 saturated carbocycles. The Hall–Kier alpha value is -3.41. The summed E-state index contributed by atoms with van der Waals surface area (Å²) in [4.78, 5) is 12.6. The number of nitrogens with one attached hydrogen (secondary N) is 1. The normalized spacial score (nSPS) is 15.7. The van der Waals surface area contributed by atoms with Crippen molar-refractivity contribution >= 4 is 42.8 Å². The number of hydrogen-bond acceptors (Lipinski definition) is 7. The van der Waals surface area contributed by atoms with Gasteiger partial charge in [-0.1, -0.05) is 24.3 Å². The van der Waals surface area contributed by atoms with Crippen molar-refractivity contribution < 1.29 is 21.6 Å². The third-order valence-corrected chi connectivity index (χ3v) is 8.87. The van der Waals surface area contributed by atoms with Gasteiger partial charge in [0.15, 0.2) is 9.84 Å². The average Bonchev–Trinajstić information content (AvgIpc) is 2.88. The first-order chi connectivity index (χ1) is 17.1. The third kappa shape index (κ3) is 6.23. The molecule has 0 aliphatic carbocycles. The monoisotopic (exact) mass is 526 g/mol. The van der Waals surface area contributed by atoms with E-state index in [2.05, 4.69) is 15.5 Å². The van der Waals surface area contributed by atoms with Gasteiger partial charge in [-0.05, 0) is 67.4 Å². The van der Waals surface area contributed by atoms with Crippen LogP contribution in [0.15, 0.2) is 98.9 Å². The summed E-state index contributed by atoms with van der Waals surface area (Å²) < 4.78 is 51.0. The van der Waals surface area contributed by atoms with E-state index in [4.69, 9.17) is 0 Å². The van der Waals surface area contributed by atoms with Crippen LogP contribution < -0.4 is 5.32 Å². The van der Waals surface area contributed by atoms with E-state index < -0.39 is 19.9 Å². The first-order valence-electron chi connectivity index (χ1n) is 11.3. The van der Waals surface area contributed by atoms with Gasteiger partial charge in [0.2, 0.25) is 15.9 Å². The first kappa shape index (κ1) is 25.7. The first-order valence-corrected chi connectivity index (χ1v) is 14.6. The van der Waals surface area contributed by atoms with E-state index in [0.717, 1.165) is 11.9 Å². The third-order valence-electron chi connectivity index (χ3n) is 5.87. The van der Waals surface area contributed by atoms with E-state index in [9.17, 15) is 21.6 Å². The van der Waals surface area contributed by atoms with Crippen LogP contribution in [0.5, 0.6) is 0 Å². The molecule has 1 amide bonds. The summed E-state index contributed by atoms with van der Waals surface area (Å²) in [7, 11) is -7.40. The van der Waals surface area contributed by atoms with Gasteiger partial charge in [-0.3, -0.25) is 4.79 Å². The lowest BCUT2D eigenvalue weighted by Gasteiger charge is -2.30. The molecule has 0 bridgehead atoms. The number of rotatable bonds is 7. The van der Waals surface area contributed by atoms with Gasteiger partial charge in [-0.2, -0.15) is 14.5 Å². The molecule has 0 unspecified atom stereocenters. The number of sulfone groups is 1. The minimum atomic E-state index is -3.87. The smallest absolute Gasteiger partial charge is 0.243 e. The second kappa shape index (κ2) is 10.7. The van der Waals surface area contributed by atoms with Crippen molar-refractivity contribution in [2.75, 3.05) is 24.7 Å². The summed E-state index contributed by atoms with van der Waals surface area (Å²) in [5.41, 5.74) is 2.01. The fourth-order valence-electron chi connectivity index (χ4n) is 3.84. The molecule has 1 aliphatic heterocycles. The Labute approximate surface area is 210 Å². The molecule has 36 heavy (non-hydrogen) atoms. The van der Waals surface area contributed by atoms with E-state index in [1.165, 1.54) is 28.6 Å². The Bertz CT molecular complexity index is 1460. The second-order valence-corrected chi connectivity index (χ2v) is 12.5. The summed E-state index contributed by atoms with van der Waals surface area (Å²) in [6.45, 7) is 0.338. The molecule has 1 aliphatic rings. The quantitative estimate of drug-likeness (QED) is 0.452. The molecule has 0 aromatic heterocycles. The molecule has 4 rings (SSSR count). The number of anilines is 1. The Balaban J connectivity index is 1.34. The fourth-order valence-corrected chi connectivity index (χ4v) is 6.10. The van der Waals surface area contributed by atoms with Gasteiger partial charge in [0.25, 0.3) is 0 Å². The predicted octanol–water partition coefficient (Wildman–Crippen LogP) is 4.54. The summed E-state index contributed by atoms with van der Waals surface area (Å²) in [6, 6.07) is 21.7. The molecule has 188 valence electrons. The number of nitrogens with zero attached hydrogens (tertiary/aromatic N) is 3. The summed E-state index contributed by atoms with van der Waals surface area (Å²) in [6.07, 6.45) is 1.76. The van der Waals surface area contributed by atoms with Gasteiger partial charge in [-0.15, -0.1) is 0 Å². The number of sulfonamides is 1. The van der Waals surface area contributed by atoms with E-state index >= 15 is 0 Å². The Morgan fingerprint density at radius 2 is 1.39 bits per heavy atom. The van der Waals surface area contributed by atoms with Gasteiger partial charge in [0.1, 0.15) is 0 Å². The Kier molecular flexibility index (Phi) is 7.62. The van der Waals surface area contributed by atoms with Crippen molar-refractivity contribution in [3.8, 4) is 0 Å². The number of hydrogen-bond donors (Lipinski definition) is 1. The van der Waals surface area contributed by atoms with E-state index in [1.807, 2.05) is 30.3 Å². The van der Waals surface area contributed by atoms with Crippen LogP contribution in [0.2, 0.25) is 0 Å². The van der Waals surface area contributed by atoms with Crippen LogP contribution in [0.25, 0.3) is 0 Å². The molecule has 1 saturated heterocycles. The van der Waals surface area contributed by atoms with Crippen molar-refractivity contribution in [3.05, 3.63) is 78.9 Å². The maximum atomic E-state index is 13.0. The molecule has 1 N–H and O–H groups in total. The maximum absolute atomic E-state index is 13.0. The highest BCUT2D eigenvalue weighted by molar-refractivity contribution is 7.91. The average molecular weight is 527 g/mol. The zero-order valence-electron chi connectivity index (χ0n) is 19.6. The predicted molar refractivity (Wildman–Crippen MR) is 137 cm³/mol. The van der Waals surface area contributed by atoms with Gasteiger partial charge in [0.05, 0.1) is 21.2 Å². The summed E-state index contributed by atoms with van der Waals surface area (Å²) >= 11 is 0. The van der Waals surface area contributed by atoms with Crippen molar-refractivity contribution in [3.63, 3.8) is 0 Å². The van der Waals surface area contributed by atoms with Crippen molar-refractivity contribution in [1.82, 2.24) is 4.31 Å². The molecule has 0 atom stereocenters. The highest BCUT2D eigenvalue weighted by Crippen LogP contribution is 2.27. The van der Waals surface area contributed by atoms with Crippen LogP contribution in [0.4, 0.5) is 17.1 Å². The number of carbonyl (C=O) groups excluding carboxylic acids is 1. The van der Waals surface area contributed by atoms with Gasteiger partial charge in [-0.25, -0.2) is 16.8 Å². The van der Waals surface area contributed by atoms with Crippen molar-refractivity contribution in [2.45, 2.75) is 22.6 Å². The van der Waals surface area contributed by atoms with Crippen LogP contribution in [0, 0.1) is 5.92 Å². The zero-order chi connectivity index (χ0) is 25.8. The molecular weight excluding hydrogens is 500 g/mol. The molecule has 0 spiro atoms. The molecule has 0 radical (unpaired) electrons. The fraction of sp³-hybridized carbons (Fsp3) is 0.240. The lowest BCUT2D eigenvalue weighted by Crippen LogP contribution is -2.41. The second-order valence-electron chi connectivity index (χ2n) is 8.50. The molecular formula is C25H26N4O5S2. The SMILES string of the molecule is CS(=O)(=O)c1cccc(S(=O)(=O)N2CCC(C(=O)Nc3ccc(N=Nc4ccccc4)cc3)CC2)c1. The van der Waals surface area contributed by atoms with E-state index in [-0.39, 0.29) is 34.7 Å². The lowest BCUT2D eigenvalue weighted by atomic mass is 9.97. The maximum Gasteiger partial charge on any atom is 0.243 e. The van der Waals surface area contributed by atoms with E-state index in [1.54, 1.807) is 24.3 Å². The molecule has 1 fully saturated rings. The van der Waals surface area contributed by atoms with Crippen molar-refractivity contribution in [2.24, 2.45) is 16.1 Å². The van der Waals surface area contributed by atoms with Crippen LogP contribution >= 0.6 is 0 Å². The molecule has 3 aromatic rings. The Morgan fingerprint density at radius 3 is 2.00 bits per heavy atom.